The molecule has 0 bridgehead atoms. The molecular weight excluding hydrogens is 441 g/mol. The Bertz CT molecular complexity index is 1120. The molecule has 0 saturated heterocycles. The lowest BCUT2D eigenvalue weighted by Crippen LogP contribution is -2.17. The van der Waals surface area contributed by atoms with E-state index in [-0.39, 0.29) is 18.3 Å². The fourth-order valence-corrected chi connectivity index (χ4v) is 2.81. The van der Waals surface area contributed by atoms with Crippen LogP contribution in [0, 0.1) is 0 Å². The van der Waals surface area contributed by atoms with Crippen molar-refractivity contribution in [3.63, 3.8) is 0 Å². The molecule has 0 aliphatic rings. The van der Waals surface area contributed by atoms with Gasteiger partial charge in [0, 0.05) is 18.0 Å². The van der Waals surface area contributed by atoms with Crippen molar-refractivity contribution in [2.24, 2.45) is 5.10 Å². The highest BCUT2D eigenvalue weighted by Crippen LogP contribution is 2.28. The normalized spacial score (nSPS) is 10.7. The minimum atomic E-state index is -0.378. The number of rotatable bonds is 8. The first-order chi connectivity index (χ1) is 15.0. The molecule has 0 aliphatic carbocycles. The molecule has 0 aliphatic heterocycles. The van der Waals surface area contributed by atoms with Gasteiger partial charge in [0.25, 0.3) is 5.91 Å². The number of nitrogens with zero attached hydrogens (tertiary/aromatic N) is 2. The van der Waals surface area contributed by atoms with E-state index in [0.717, 1.165) is 0 Å². The minimum Gasteiger partial charge on any atom is -0.493 e. The topological polar surface area (TPSA) is 89.9 Å². The van der Waals surface area contributed by atoms with E-state index in [0.29, 0.717) is 38.2 Å². The number of ether oxygens (including phenoxy) is 2. The van der Waals surface area contributed by atoms with E-state index in [2.05, 4.69) is 15.5 Å². The van der Waals surface area contributed by atoms with Gasteiger partial charge in [0.1, 0.15) is 0 Å². The Kier molecular flexibility index (Phi) is 7.59. The van der Waals surface area contributed by atoms with Crippen LogP contribution in [-0.4, -0.2) is 36.6 Å². The van der Waals surface area contributed by atoms with Crippen molar-refractivity contribution in [1.82, 2.24) is 10.4 Å². The summed E-state index contributed by atoms with van der Waals surface area (Å²) in [5.41, 5.74) is 3.86. The van der Waals surface area contributed by atoms with Gasteiger partial charge in [-0.15, -0.1) is 0 Å². The van der Waals surface area contributed by atoms with Crippen LogP contribution in [0.25, 0.3) is 0 Å². The number of Topliss-reactive ketones (excluding diaryl/α,β-unsaturated/α-hetero) is 1. The number of hydrogen-bond acceptors (Lipinski definition) is 6. The Balaban J connectivity index is 1.62. The third-order valence-corrected chi connectivity index (χ3v) is 4.83. The van der Waals surface area contributed by atoms with Gasteiger partial charge in [-0.3, -0.25) is 14.6 Å². The van der Waals surface area contributed by atoms with E-state index < -0.39 is 0 Å². The van der Waals surface area contributed by atoms with E-state index >= 15 is 0 Å². The number of halogens is 2. The number of nitrogens with one attached hydrogen (secondary N) is 1. The van der Waals surface area contributed by atoms with Crippen molar-refractivity contribution in [2.45, 2.75) is 0 Å². The van der Waals surface area contributed by atoms with Crippen molar-refractivity contribution in [1.29, 1.82) is 0 Å². The van der Waals surface area contributed by atoms with Crippen molar-refractivity contribution >= 4 is 41.1 Å². The highest BCUT2D eigenvalue weighted by Gasteiger charge is 2.12. The van der Waals surface area contributed by atoms with Crippen molar-refractivity contribution in [3.05, 3.63) is 87.7 Å². The van der Waals surface area contributed by atoms with Crippen LogP contribution >= 0.6 is 23.2 Å². The molecule has 9 heteroatoms. The van der Waals surface area contributed by atoms with E-state index in [1.54, 1.807) is 48.7 Å². The maximum Gasteiger partial charge on any atom is 0.272 e. The molecule has 0 atom stereocenters. The minimum absolute atomic E-state index is 0.205. The molecule has 3 aromatic rings. The summed E-state index contributed by atoms with van der Waals surface area (Å²) >= 11 is 11.8. The summed E-state index contributed by atoms with van der Waals surface area (Å²) in [5, 5.41) is 4.59. The number of hydrogen-bond donors (Lipinski definition) is 1. The standard InChI is InChI=1S/C22H17Cl2N3O4/c1-30-21-9-14(11-26-27-22(29)16-3-2-8-25-12-16)4-7-20(21)31-13-19(28)15-5-6-17(23)18(24)10-15/h2-12H,13H2,1H3,(H,27,29)/b26-11+. The molecule has 0 fully saturated rings. The van der Waals surface area contributed by atoms with Crippen molar-refractivity contribution in [3.8, 4) is 11.5 Å². The summed E-state index contributed by atoms with van der Waals surface area (Å²) < 4.78 is 10.9. The predicted octanol–water partition coefficient (Wildman–Crippen LogP) is 4.42. The second-order valence-electron chi connectivity index (χ2n) is 6.19. The summed E-state index contributed by atoms with van der Waals surface area (Å²) in [4.78, 5) is 28.2. The SMILES string of the molecule is COc1cc(/C=N/NC(=O)c2cccnc2)ccc1OCC(=O)c1ccc(Cl)c(Cl)c1. The third kappa shape index (κ3) is 6.04. The Morgan fingerprint density at radius 2 is 1.90 bits per heavy atom. The summed E-state index contributed by atoms with van der Waals surface area (Å²) in [6.07, 6.45) is 4.48. The van der Waals surface area contributed by atoms with E-state index in [9.17, 15) is 9.59 Å². The Morgan fingerprint density at radius 3 is 2.61 bits per heavy atom. The molecule has 7 nitrogen and oxygen atoms in total. The summed E-state index contributed by atoms with van der Waals surface area (Å²) in [5.74, 6) is 0.151. The Labute approximate surface area is 188 Å². The second kappa shape index (κ2) is 10.6. The van der Waals surface area contributed by atoms with Gasteiger partial charge in [-0.05, 0) is 54.1 Å². The molecule has 1 aromatic heterocycles. The summed E-state index contributed by atoms with van der Waals surface area (Å²) in [6.45, 7) is -0.205. The molecule has 0 unspecified atom stereocenters. The number of carbonyl (C=O) groups is 2. The van der Waals surface area contributed by atoms with Gasteiger partial charge in [0.2, 0.25) is 0 Å². The van der Waals surface area contributed by atoms with Gasteiger partial charge in [0.15, 0.2) is 23.9 Å². The van der Waals surface area contributed by atoms with Gasteiger partial charge in [0.05, 0.1) is 28.9 Å². The van der Waals surface area contributed by atoms with Crippen LogP contribution < -0.4 is 14.9 Å². The van der Waals surface area contributed by atoms with Crippen molar-refractivity contribution in [2.75, 3.05) is 13.7 Å². The zero-order chi connectivity index (χ0) is 22.2. The number of benzene rings is 2. The molecule has 0 radical (unpaired) electrons. The van der Waals surface area contributed by atoms with E-state index in [1.807, 2.05) is 0 Å². The van der Waals surface area contributed by atoms with Crippen LogP contribution in [-0.2, 0) is 0 Å². The number of methoxy groups -OCH3 is 1. The van der Waals surface area contributed by atoms with Gasteiger partial charge in [-0.25, -0.2) is 5.43 Å². The van der Waals surface area contributed by atoms with Gasteiger partial charge >= 0.3 is 0 Å². The lowest BCUT2D eigenvalue weighted by Gasteiger charge is -2.11. The van der Waals surface area contributed by atoms with Crippen LogP contribution in [0.5, 0.6) is 11.5 Å². The van der Waals surface area contributed by atoms with Crippen molar-refractivity contribution < 1.29 is 19.1 Å². The van der Waals surface area contributed by atoms with Crippen LogP contribution in [0.1, 0.15) is 26.3 Å². The zero-order valence-corrected chi connectivity index (χ0v) is 17.9. The van der Waals surface area contributed by atoms with Crippen LogP contribution in [0.3, 0.4) is 0 Å². The summed E-state index contributed by atoms with van der Waals surface area (Å²) in [7, 11) is 1.48. The molecule has 3 rings (SSSR count). The lowest BCUT2D eigenvalue weighted by molar-refractivity contribution is 0.0918. The number of carbonyl (C=O) groups excluding carboxylic acids is 2. The molecule has 1 N–H and O–H groups in total. The highest BCUT2D eigenvalue weighted by molar-refractivity contribution is 6.42. The van der Waals surface area contributed by atoms with Gasteiger partial charge < -0.3 is 9.47 Å². The van der Waals surface area contributed by atoms with Gasteiger partial charge in [-0.1, -0.05) is 23.2 Å². The zero-order valence-electron chi connectivity index (χ0n) is 16.3. The number of aromatic nitrogens is 1. The number of amides is 1. The molecule has 0 spiro atoms. The smallest absolute Gasteiger partial charge is 0.272 e. The van der Waals surface area contributed by atoms with Crippen LogP contribution in [0.4, 0.5) is 0 Å². The molecule has 31 heavy (non-hydrogen) atoms. The van der Waals surface area contributed by atoms with Gasteiger partial charge in [-0.2, -0.15) is 5.10 Å². The number of pyridine rings is 1. The fourth-order valence-electron chi connectivity index (χ4n) is 2.51. The first-order valence-electron chi connectivity index (χ1n) is 9.00. The maximum atomic E-state index is 12.3. The average molecular weight is 458 g/mol. The summed E-state index contributed by atoms with van der Waals surface area (Å²) in [6, 6.07) is 12.9. The lowest BCUT2D eigenvalue weighted by atomic mass is 10.1. The van der Waals surface area contributed by atoms with E-state index in [4.69, 9.17) is 32.7 Å². The first kappa shape index (κ1) is 22.3. The van der Waals surface area contributed by atoms with E-state index in [1.165, 1.54) is 25.6 Å². The number of hydrazone groups is 1. The molecule has 1 amide bonds. The molecule has 1 heterocycles. The Morgan fingerprint density at radius 1 is 1.06 bits per heavy atom. The van der Waals surface area contributed by atoms with Crippen LogP contribution in [0.2, 0.25) is 10.0 Å². The third-order valence-electron chi connectivity index (χ3n) is 4.09. The molecular formula is C22H17Cl2N3O4. The highest BCUT2D eigenvalue weighted by atomic mass is 35.5. The fraction of sp³-hybridized carbons (Fsp3) is 0.0909. The monoisotopic (exact) mass is 457 g/mol. The molecule has 0 saturated carbocycles. The molecule has 158 valence electrons. The maximum absolute atomic E-state index is 12.3. The van der Waals surface area contributed by atoms with Crippen LogP contribution in [0.15, 0.2) is 66.0 Å². The molecule has 2 aromatic carbocycles. The quantitative estimate of drug-likeness (QED) is 0.307. The number of ketones is 1. The average Bonchev–Trinajstić information content (AvgIpc) is 2.80. The largest absolute Gasteiger partial charge is 0.493 e. The second-order valence-corrected chi connectivity index (χ2v) is 7.01. The Hall–Kier alpha value is -3.42. The predicted molar refractivity (Wildman–Crippen MR) is 119 cm³/mol. The first-order valence-corrected chi connectivity index (χ1v) is 9.76.